The lowest BCUT2D eigenvalue weighted by molar-refractivity contribution is -0.118. The Morgan fingerprint density at radius 3 is 2.74 bits per heavy atom. The van der Waals surface area contributed by atoms with Crippen LogP contribution >= 0.6 is 11.8 Å². The van der Waals surface area contributed by atoms with Crippen molar-refractivity contribution in [1.82, 2.24) is 20.1 Å². The van der Waals surface area contributed by atoms with Crippen LogP contribution in [-0.2, 0) is 11.3 Å². The SMILES string of the molecule is CCNC(=O)CSc1nnc(-c2ccccc2F)n1CC(C)C. The van der Waals surface area contributed by atoms with E-state index < -0.39 is 0 Å². The fourth-order valence-electron chi connectivity index (χ4n) is 2.15. The van der Waals surface area contributed by atoms with Gasteiger partial charge in [0.15, 0.2) is 11.0 Å². The zero-order valence-electron chi connectivity index (χ0n) is 13.5. The second-order valence-electron chi connectivity index (χ2n) is 5.53. The van der Waals surface area contributed by atoms with Gasteiger partial charge in [-0.25, -0.2) is 4.39 Å². The molecule has 124 valence electrons. The second kappa shape index (κ2) is 8.10. The standard InChI is InChI=1S/C16H21FN4OS/c1-4-18-14(22)10-23-16-20-19-15(21(16)9-11(2)3)12-7-5-6-8-13(12)17/h5-8,11H,4,9-10H2,1-3H3,(H,18,22). The summed E-state index contributed by atoms with van der Waals surface area (Å²) in [6.45, 7) is 7.28. The Balaban J connectivity index is 2.30. The number of carbonyl (C=O) groups is 1. The molecule has 1 aromatic carbocycles. The van der Waals surface area contributed by atoms with E-state index in [-0.39, 0.29) is 17.5 Å². The lowest BCUT2D eigenvalue weighted by atomic mass is 10.2. The van der Waals surface area contributed by atoms with Gasteiger partial charge in [-0.2, -0.15) is 0 Å². The van der Waals surface area contributed by atoms with Crippen molar-refractivity contribution in [3.8, 4) is 11.4 Å². The third kappa shape index (κ3) is 4.54. The molecule has 2 rings (SSSR count). The van der Waals surface area contributed by atoms with Crippen molar-refractivity contribution in [2.24, 2.45) is 5.92 Å². The zero-order chi connectivity index (χ0) is 16.8. The Kier molecular flexibility index (Phi) is 6.15. The van der Waals surface area contributed by atoms with Crippen LogP contribution in [0.1, 0.15) is 20.8 Å². The summed E-state index contributed by atoms with van der Waals surface area (Å²) in [4.78, 5) is 11.6. The normalized spacial score (nSPS) is 11.0. The van der Waals surface area contributed by atoms with Crippen LogP contribution in [0.25, 0.3) is 11.4 Å². The van der Waals surface area contributed by atoms with Crippen molar-refractivity contribution in [2.75, 3.05) is 12.3 Å². The summed E-state index contributed by atoms with van der Waals surface area (Å²) in [6, 6.07) is 6.51. The maximum absolute atomic E-state index is 14.1. The summed E-state index contributed by atoms with van der Waals surface area (Å²) < 4.78 is 15.9. The van der Waals surface area contributed by atoms with Gasteiger partial charge in [-0.1, -0.05) is 37.7 Å². The number of benzene rings is 1. The van der Waals surface area contributed by atoms with Gasteiger partial charge >= 0.3 is 0 Å². The highest BCUT2D eigenvalue weighted by Gasteiger charge is 2.18. The molecule has 0 aliphatic heterocycles. The average molecular weight is 336 g/mol. The summed E-state index contributed by atoms with van der Waals surface area (Å²) >= 11 is 1.31. The molecule has 7 heteroatoms. The largest absolute Gasteiger partial charge is 0.356 e. The molecule has 0 unspecified atom stereocenters. The molecule has 2 aromatic rings. The van der Waals surface area contributed by atoms with Crippen molar-refractivity contribution < 1.29 is 9.18 Å². The highest BCUT2D eigenvalue weighted by atomic mass is 32.2. The Labute approximate surface area is 139 Å². The predicted molar refractivity (Wildman–Crippen MR) is 89.7 cm³/mol. The van der Waals surface area contributed by atoms with Crippen LogP contribution in [0.4, 0.5) is 4.39 Å². The Hall–Kier alpha value is -1.89. The highest BCUT2D eigenvalue weighted by molar-refractivity contribution is 7.99. The maximum Gasteiger partial charge on any atom is 0.230 e. The lowest BCUT2D eigenvalue weighted by Gasteiger charge is -2.12. The number of hydrogen-bond donors (Lipinski definition) is 1. The number of nitrogens with one attached hydrogen (secondary N) is 1. The molecular weight excluding hydrogens is 315 g/mol. The lowest BCUT2D eigenvalue weighted by Crippen LogP contribution is -2.24. The van der Waals surface area contributed by atoms with Gasteiger partial charge in [-0.15, -0.1) is 10.2 Å². The quantitative estimate of drug-likeness (QED) is 0.790. The van der Waals surface area contributed by atoms with Crippen molar-refractivity contribution in [3.05, 3.63) is 30.1 Å². The first-order valence-corrected chi connectivity index (χ1v) is 8.59. The molecule has 0 atom stereocenters. The molecule has 0 saturated carbocycles. The summed E-state index contributed by atoms with van der Waals surface area (Å²) in [6.07, 6.45) is 0. The van der Waals surface area contributed by atoms with E-state index in [2.05, 4.69) is 29.4 Å². The number of aromatic nitrogens is 3. The van der Waals surface area contributed by atoms with Gasteiger partial charge in [0.1, 0.15) is 5.82 Å². The van der Waals surface area contributed by atoms with E-state index >= 15 is 0 Å². The molecule has 0 radical (unpaired) electrons. The second-order valence-corrected chi connectivity index (χ2v) is 6.48. The van der Waals surface area contributed by atoms with Crippen molar-refractivity contribution in [2.45, 2.75) is 32.5 Å². The Bertz CT molecular complexity index is 672. The molecule has 1 aromatic heterocycles. The molecule has 0 aliphatic carbocycles. The van der Waals surface area contributed by atoms with Gasteiger partial charge in [0.25, 0.3) is 0 Å². The minimum Gasteiger partial charge on any atom is -0.356 e. The highest BCUT2D eigenvalue weighted by Crippen LogP contribution is 2.26. The third-order valence-electron chi connectivity index (χ3n) is 3.09. The number of carbonyl (C=O) groups excluding carboxylic acids is 1. The first kappa shape index (κ1) is 17.5. The van der Waals surface area contributed by atoms with Gasteiger partial charge in [0, 0.05) is 13.1 Å². The summed E-state index contributed by atoms with van der Waals surface area (Å²) in [5.74, 6) is 0.728. The van der Waals surface area contributed by atoms with Crippen molar-refractivity contribution >= 4 is 17.7 Å². The molecule has 5 nitrogen and oxygen atoms in total. The van der Waals surface area contributed by atoms with Crippen LogP contribution in [0.2, 0.25) is 0 Å². The molecule has 23 heavy (non-hydrogen) atoms. The van der Waals surface area contributed by atoms with Crippen LogP contribution in [0.5, 0.6) is 0 Å². The van der Waals surface area contributed by atoms with E-state index in [0.29, 0.717) is 35.6 Å². The number of amides is 1. The van der Waals surface area contributed by atoms with E-state index in [4.69, 9.17) is 0 Å². The number of nitrogens with zero attached hydrogens (tertiary/aromatic N) is 3. The predicted octanol–water partition coefficient (Wildman–Crippen LogP) is 2.97. The van der Waals surface area contributed by atoms with Crippen LogP contribution in [0, 0.1) is 11.7 Å². The molecule has 0 aliphatic rings. The van der Waals surface area contributed by atoms with Crippen molar-refractivity contribution in [1.29, 1.82) is 0 Å². The summed E-state index contributed by atoms with van der Waals surface area (Å²) in [5.41, 5.74) is 0.422. The topological polar surface area (TPSA) is 59.8 Å². The van der Waals surface area contributed by atoms with Gasteiger partial charge in [0.05, 0.1) is 11.3 Å². The zero-order valence-corrected chi connectivity index (χ0v) is 14.4. The molecule has 0 spiro atoms. The van der Waals surface area contributed by atoms with E-state index in [1.165, 1.54) is 17.8 Å². The summed E-state index contributed by atoms with van der Waals surface area (Å²) in [5, 5.41) is 11.7. The van der Waals surface area contributed by atoms with Crippen LogP contribution in [0.15, 0.2) is 29.4 Å². The van der Waals surface area contributed by atoms with Gasteiger partial charge < -0.3 is 9.88 Å². The summed E-state index contributed by atoms with van der Waals surface area (Å²) in [7, 11) is 0. The molecular formula is C16H21FN4OS. The molecule has 0 bridgehead atoms. The average Bonchev–Trinajstić information content (AvgIpc) is 2.88. The fourth-order valence-corrected chi connectivity index (χ4v) is 2.92. The Morgan fingerprint density at radius 2 is 2.09 bits per heavy atom. The molecule has 1 N–H and O–H groups in total. The number of halogens is 1. The van der Waals surface area contributed by atoms with Crippen molar-refractivity contribution in [3.63, 3.8) is 0 Å². The van der Waals surface area contributed by atoms with E-state index in [0.717, 1.165) is 0 Å². The molecule has 1 heterocycles. The fraction of sp³-hybridized carbons (Fsp3) is 0.438. The molecule has 0 saturated heterocycles. The van der Waals surface area contributed by atoms with E-state index in [9.17, 15) is 9.18 Å². The molecule has 1 amide bonds. The Morgan fingerprint density at radius 1 is 1.35 bits per heavy atom. The van der Waals surface area contributed by atoms with E-state index in [1.807, 2.05) is 11.5 Å². The first-order chi connectivity index (χ1) is 11.0. The van der Waals surface area contributed by atoms with Crippen LogP contribution in [-0.4, -0.2) is 33.0 Å². The van der Waals surface area contributed by atoms with E-state index in [1.54, 1.807) is 18.2 Å². The molecule has 0 fully saturated rings. The number of thioether (sulfide) groups is 1. The van der Waals surface area contributed by atoms with Gasteiger partial charge in [0.2, 0.25) is 5.91 Å². The third-order valence-corrected chi connectivity index (χ3v) is 4.05. The van der Waals surface area contributed by atoms with Crippen LogP contribution < -0.4 is 5.32 Å². The first-order valence-electron chi connectivity index (χ1n) is 7.60. The van der Waals surface area contributed by atoms with Gasteiger partial charge in [-0.05, 0) is 25.0 Å². The maximum atomic E-state index is 14.1. The van der Waals surface area contributed by atoms with Gasteiger partial charge in [-0.3, -0.25) is 4.79 Å². The minimum atomic E-state index is -0.329. The smallest absolute Gasteiger partial charge is 0.230 e. The monoisotopic (exact) mass is 336 g/mol. The minimum absolute atomic E-state index is 0.0518. The number of rotatable bonds is 7. The number of hydrogen-bond acceptors (Lipinski definition) is 4. The van der Waals surface area contributed by atoms with Crippen LogP contribution in [0.3, 0.4) is 0 Å².